The molecule has 0 bridgehead atoms. The van der Waals surface area contributed by atoms with Crippen molar-refractivity contribution in [2.75, 3.05) is 20.3 Å². The normalized spacial score (nSPS) is 10.8. The number of carbonyl (C=O) groups excluding carboxylic acids is 1. The third-order valence-electron chi connectivity index (χ3n) is 4.39. The first-order valence-electron chi connectivity index (χ1n) is 9.65. The molecule has 1 aromatic heterocycles. The van der Waals surface area contributed by atoms with Crippen molar-refractivity contribution in [1.82, 2.24) is 15.1 Å². The minimum absolute atomic E-state index is 0.118. The molecule has 0 spiro atoms. The summed E-state index contributed by atoms with van der Waals surface area (Å²) in [7, 11) is 3.52. The summed E-state index contributed by atoms with van der Waals surface area (Å²) in [5, 5.41) is 7.26. The van der Waals surface area contributed by atoms with Crippen LogP contribution in [0.25, 0.3) is 0 Å². The fourth-order valence-corrected chi connectivity index (χ4v) is 2.82. The molecule has 0 saturated heterocycles. The Kier molecular flexibility index (Phi) is 8.84. The van der Waals surface area contributed by atoms with Gasteiger partial charge in [-0.2, -0.15) is 5.10 Å². The number of rotatable bonds is 12. The number of aryl methyl sites for hydroxylation is 2. The van der Waals surface area contributed by atoms with Crippen LogP contribution in [0, 0.1) is 0 Å². The van der Waals surface area contributed by atoms with Gasteiger partial charge in [-0.15, -0.1) is 0 Å². The van der Waals surface area contributed by atoms with Gasteiger partial charge in [0.1, 0.15) is 11.4 Å². The summed E-state index contributed by atoms with van der Waals surface area (Å²) in [6.45, 7) is 4.01. The first-order chi connectivity index (χ1) is 13.1. The van der Waals surface area contributed by atoms with Crippen LogP contribution in [0.3, 0.4) is 0 Å². The van der Waals surface area contributed by atoms with Crippen LogP contribution < -0.4 is 10.1 Å². The Balaban J connectivity index is 1.76. The number of benzene rings is 1. The zero-order chi connectivity index (χ0) is 19.5. The highest BCUT2D eigenvalue weighted by Crippen LogP contribution is 2.14. The van der Waals surface area contributed by atoms with Gasteiger partial charge >= 0.3 is 0 Å². The van der Waals surface area contributed by atoms with Crippen LogP contribution in [0.1, 0.15) is 54.4 Å². The molecule has 1 amide bonds. The van der Waals surface area contributed by atoms with Gasteiger partial charge < -0.3 is 14.8 Å². The van der Waals surface area contributed by atoms with E-state index in [1.54, 1.807) is 18.8 Å². The average molecular weight is 373 g/mol. The molecule has 1 aromatic carbocycles. The van der Waals surface area contributed by atoms with Crippen molar-refractivity contribution >= 4 is 5.91 Å². The smallest absolute Gasteiger partial charge is 0.269 e. The SMILES string of the molecule is CCc1cc(C(=O)NCc2cccc(OCCCCCCOC)c2)n(C)n1. The van der Waals surface area contributed by atoms with E-state index in [4.69, 9.17) is 9.47 Å². The molecule has 0 aliphatic rings. The monoisotopic (exact) mass is 373 g/mol. The number of hydrogen-bond acceptors (Lipinski definition) is 4. The number of methoxy groups -OCH3 is 1. The lowest BCUT2D eigenvalue weighted by molar-refractivity contribution is 0.0941. The Morgan fingerprint density at radius 2 is 1.93 bits per heavy atom. The molecule has 0 fully saturated rings. The van der Waals surface area contributed by atoms with Crippen LogP contribution in [0.2, 0.25) is 0 Å². The number of hydrogen-bond donors (Lipinski definition) is 1. The molecule has 0 aliphatic carbocycles. The van der Waals surface area contributed by atoms with E-state index in [2.05, 4.69) is 10.4 Å². The second-order valence-electron chi connectivity index (χ2n) is 6.58. The molecular weight excluding hydrogens is 342 g/mol. The van der Waals surface area contributed by atoms with E-state index < -0.39 is 0 Å². The van der Waals surface area contributed by atoms with Gasteiger partial charge in [0.05, 0.1) is 12.3 Å². The lowest BCUT2D eigenvalue weighted by Gasteiger charge is -2.09. The largest absolute Gasteiger partial charge is 0.494 e. The Hall–Kier alpha value is -2.34. The lowest BCUT2D eigenvalue weighted by atomic mass is 10.2. The van der Waals surface area contributed by atoms with Crippen molar-refractivity contribution in [2.45, 2.75) is 45.6 Å². The van der Waals surface area contributed by atoms with Crippen LogP contribution in [0.5, 0.6) is 5.75 Å². The minimum Gasteiger partial charge on any atom is -0.494 e. The highest BCUT2D eigenvalue weighted by atomic mass is 16.5. The zero-order valence-corrected chi connectivity index (χ0v) is 16.7. The van der Waals surface area contributed by atoms with Crippen LogP contribution in [-0.2, 0) is 24.8 Å². The molecular formula is C21H31N3O3. The van der Waals surface area contributed by atoms with Crippen molar-refractivity contribution in [2.24, 2.45) is 7.05 Å². The second kappa shape index (κ2) is 11.4. The van der Waals surface area contributed by atoms with E-state index in [1.807, 2.05) is 37.3 Å². The van der Waals surface area contributed by atoms with Crippen molar-refractivity contribution < 1.29 is 14.3 Å². The number of nitrogens with zero attached hydrogens (tertiary/aromatic N) is 2. The van der Waals surface area contributed by atoms with Gasteiger partial charge in [0.25, 0.3) is 5.91 Å². The first kappa shape index (κ1) is 21.0. The van der Waals surface area contributed by atoms with Crippen LogP contribution >= 0.6 is 0 Å². The Bertz CT molecular complexity index is 712. The van der Waals surface area contributed by atoms with E-state index >= 15 is 0 Å². The molecule has 6 heteroatoms. The van der Waals surface area contributed by atoms with Gasteiger partial charge in [0.2, 0.25) is 0 Å². The van der Waals surface area contributed by atoms with E-state index in [0.29, 0.717) is 18.8 Å². The molecule has 1 heterocycles. The zero-order valence-electron chi connectivity index (χ0n) is 16.7. The maximum absolute atomic E-state index is 12.4. The molecule has 148 valence electrons. The summed E-state index contributed by atoms with van der Waals surface area (Å²) in [6.07, 6.45) is 5.25. The van der Waals surface area contributed by atoms with Crippen LogP contribution in [0.15, 0.2) is 30.3 Å². The summed E-state index contributed by atoms with van der Waals surface area (Å²) >= 11 is 0. The Morgan fingerprint density at radius 1 is 1.15 bits per heavy atom. The molecule has 0 atom stereocenters. The van der Waals surface area contributed by atoms with Gasteiger partial charge in [-0.05, 0) is 49.4 Å². The number of ether oxygens (including phenoxy) is 2. The quantitative estimate of drug-likeness (QED) is 0.578. The predicted molar refractivity (Wildman–Crippen MR) is 106 cm³/mol. The third kappa shape index (κ3) is 7.06. The van der Waals surface area contributed by atoms with Gasteiger partial charge in [-0.1, -0.05) is 25.5 Å². The molecule has 2 aromatic rings. The van der Waals surface area contributed by atoms with E-state index in [0.717, 1.165) is 55.7 Å². The first-order valence-corrected chi connectivity index (χ1v) is 9.65. The minimum atomic E-state index is -0.118. The number of aromatic nitrogens is 2. The van der Waals surface area contributed by atoms with Gasteiger partial charge in [0, 0.05) is 27.3 Å². The summed E-state index contributed by atoms with van der Waals surface area (Å²) in [5.41, 5.74) is 2.51. The topological polar surface area (TPSA) is 65.4 Å². The molecule has 0 radical (unpaired) electrons. The van der Waals surface area contributed by atoms with E-state index in [1.165, 1.54) is 0 Å². The summed E-state index contributed by atoms with van der Waals surface area (Å²) in [4.78, 5) is 12.4. The average Bonchev–Trinajstić information content (AvgIpc) is 3.07. The van der Waals surface area contributed by atoms with Crippen molar-refractivity contribution in [3.63, 3.8) is 0 Å². The second-order valence-corrected chi connectivity index (χ2v) is 6.58. The highest BCUT2D eigenvalue weighted by molar-refractivity contribution is 5.92. The van der Waals surface area contributed by atoms with Crippen LogP contribution in [-0.4, -0.2) is 36.0 Å². The Labute approximate surface area is 161 Å². The van der Waals surface area contributed by atoms with E-state index in [9.17, 15) is 4.79 Å². The molecule has 2 rings (SSSR count). The van der Waals surface area contributed by atoms with Crippen molar-refractivity contribution in [3.05, 3.63) is 47.3 Å². The van der Waals surface area contributed by atoms with Crippen LogP contribution in [0.4, 0.5) is 0 Å². The third-order valence-corrected chi connectivity index (χ3v) is 4.39. The molecule has 1 N–H and O–H groups in total. The summed E-state index contributed by atoms with van der Waals surface area (Å²) < 4.78 is 12.5. The predicted octanol–water partition coefficient (Wildman–Crippen LogP) is 3.50. The summed E-state index contributed by atoms with van der Waals surface area (Å²) in [5.74, 6) is 0.722. The lowest BCUT2D eigenvalue weighted by Crippen LogP contribution is -2.25. The maximum Gasteiger partial charge on any atom is 0.269 e. The number of unbranched alkanes of at least 4 members (excludes halogenated alkanes) is 3. The molecule has 0 saturated carbocycles. The summed E-state index contributed by atoms with van der Waals surface area (Å²) in [6, 6.07) is 9.70. The fraction of sp³-hybridized carbons (Fsp3) is 0.524. The van der Waals surface area contributed by atoms with Gasteiger partial charge in [0.15, 0.2) is 0 Å². The maximum atomic E-state index is 12.4. The number of nitrogens with one attached hydrogen (secondary N) is 1. The van der Waals surface area contributed by atoms with Gasteiger partial charge in [-0.3, -0.25) is 9.48 Å². The molecule has 27 heavy (non-hydrogen) atoms. The molecule has 0 aliphatic heterocycles. The fourth-order valence-electron chi connectivity index (χ4n) is 2.82. The molecule has 6 nitrogen and oxygen atoms in total. The number of amides is 1. The van der Waals surface area contributed by atoms with Crippen molar-refractivity contribution in [3.8, 4) is 5.75 Å². The highest BCUT2D eigenvalue weighted by Gasteiger charge is 2.12. The molecule has 0 unspecified atom stereocenters. The van der Waals surface area contributed by atoms with Gasteiger partial charge in [-0.25, -0.2) is 0 Å². The Morgan fingerprint density at radius 3 is 2.63 bits per heavy atom. The number of carbonyl (C=O) groups is 1. The van der Waals surface area contributed by atoms with E-state index in [-0.39, 0.29) is 5.91 Å². The standard InChI is InChI=1S/C21H31N3O3/c1-4-18-15-20(24(2)23-18)21(25)22-16-17-10-9-11-19(14-17)27-13-8-6-5-7-12-26-3/h9-11,14-15H,4-8,12-13,16H2,1-3H3,(H,22,25). The van der Waals surface area contributed by atoms with Crippen molar-refractivity contribution in [1.29, 1.82) is 0 Å².